The van der Waals surface area contributed by atoms with Crippen molar-refractivity contribution in [3.05, 3.63) is 60.7 Å². The van der Waals surface area contributed by atoms with E-state index < -0.39 is 8.56 Å². The van der Waals surface area contributed by atoms with Crippen LogP contribution in [0.15, 0.2) is 60.7 Å². The van der Waals surface area contributed by atoms with Crippen LogP contribution in [0.1, 0.15) is 58.3 Å². The first-order valence-electron chi connectivity index (χ1n) is 10.2. The van der Waals surface area contributed by atoms with Crippen molar-refractivity contribution in [2.45, 2.75) is 70.9 Å². The second kappa shape index (κ2) is 11.8. The van der Waals surface area contributed by atoms with Gasteiger partial charge in [-0.3, -0.25) is 0 Å². The molecule has 0 aliphatic rings. The number of para-hydroxylation sites is 2. The molecule has 0 saturated carbocycles. The maximum Gasteiger partial charge on any atom is 0.457 e. The Morgan fingerprint density at radius 3 is 1.50 bits per heavy atom. The molecule has 2 aromatic rings. The van der Waals surface area contributed by atoms with Crippen LogP contribution in [0.25, 0.3) is 0 Å². The lowest BCUT2D eigenvalue weighted by Gasteiger charge is -2.28. The minimum atomic E-state index is -2.31. The van der Waals surface area contributed by atoms with Crippen molar-refractivity contribution in [2.24, 2.45) is 0 Å². The molecule has 0 spiro atoms. The van der Waals surface area contributed by atoms with Gasteiger partial charge in [0.15, 0.2) is 0 Å². The van der Waals surface area contributed by atoms with Gasteiger partial charge >= 0.3 is 8.56 Å². The van der Waals surface area contributed by atoms with Crippen LogP contribution in [0.5, 0.6) is 11.5 Å². The lowest BCUT2D eigenvalue weighted by Crippen LogP contribution is -2.45. The van der Waals surface area contributed by atoms with Crippen molar-refractivity contribution in [2.75, 3.05) is 0 Å². The molecule has 0 radical (unpaired) electrons. The summed E-state index contributed by atoms with van der Waals surface area (Å²) in [5.41, 5.74) is 0. The second-order valence-electron chi connectivity index (χ2n) is 7.19. The summed E-state index contributed by atoms with van der Waals surface area (Å²) in [6.45, 7) is 4.46. The van der Waals surface area contributed by atoms with Gasteiger partial charge < -0.3 is 8.85 Å². The van der Waals surface area contributed by atoms with Gasteiger partial charge in [0, 0.05) is 12.6 Å². The average molecular weight is 371 g/mol. The number of hydrogen-bond acceptors (Lipinski definition) is 2. The molecule has 0 atom stereocenters. The lowest BCUT2D eigenvalue weighted by molar-refractivity contribution is 0.384. The average Bonchev–Trinajstić information content (AvgIpc) is 2.65. The Kier molecular flexibility index (Phi) is 9.33. The fourth-order valence-electron chi connectivity index (χ4n) is 3.18. The zero-order chi connectivity index (χ0) is 18.5. The molecule has 0 fully saturated rings. The number of hydrogen-bond donors (Lipinski definition) is 0. The normalized spacial score (nSPS) is 11.3. The van der Waals surface area contributed by atoms with Crippen molar-refractivity contribution < 1.29 is 8.85 Å². The molecule has 0 unspecified atom stereocenters. The molecule has 0 N–H and O–H groups in total. The Morgan fingerprint density at radius 2 is 1.04 bits per heavy atom. The zero-order valence-electron chi connectivity index (χ0n) is 16.5. The van der Waals surface area contributed by atoms with Gasteiger partial charge in [0.25, 0.3) is 0 Å². The maximum absolute atomic E-state index is 6.38. The van der Waals surface area contributed by atoms with Crippen LogP contribution in [0, 0.1) is 0 Å². The molecular weight excluding hydrogens is 336 g/mol. The largest absolute Gasteiger partial charge is 0.512 e. The first kappa shape index (κ1) is 20.6. The molecule has 142 valence electrons. The molecule has 26 heavy (non-hydrogen) atoms. The van der Waals surface area contributed by atoms with Crippen LogP contribution in [0.4, 0.5) is 0 Å². The third-order valence-electron chi connectivity index (χ3n) is 4.64. The van der Waals surface area contributed by atoms with Crippen LogP contribution < -0.4 is 8.85 Å². The number of benzene rings is 2. The summed E-state index contributed by atoms with van der Waals surface area (Å²) in [6.07, 6.45) is 10.6. The molecule has 0 aromatic heterocycles. The van der Waals surface area contributed by atoms with Crippen molar-refractivity contribution in [3.63, 3.8) is 0 Å². The van der Waals surface area contributed by atoms with Gasteiger partial charge in [-0.15, -0.1) is 0 Å². The molecule has 0 amide bonds. The van der Waals surface area contributed by atoms with Gasteiger partial charge in [-0.05, 0) is 30.7 Å². The Morgan fingerprint density at radius 1 is 0.615 bits per heavy atom. The van der Waals surface area contributed by atoms with Crippen molar-refractivity contribution in [3.8, 4) is 11.5 Å². The highest BCUT2D eigenvalue weighted by Crippen LogP contribution is 2.25. The molecule has 0 heterocycles. The van der Waals surface area contributed by atoms with E-state index in [1.165, 1.54) is 51.4 Å². The summed E-state index contributed by atoms with van der Waals surface area (Å²) in [5.74, 6) is 1.83. The summed E-state index contributed by atoms with van der Waals surface area (Å²) in [4.78, 5) is 0. The van der Waals surface area contributed by atoms with Crippen LogP contribution in [-0.4, -0.2) is 8.56 Å². The molecule has 2 rings (SSSR count). The predicted octanol–water partition coefficient (Wildman–Crippen LogP) is 7.36. The molecule has 3 heteroatoms. The van der Waals surface area contributed by atoms with Crippen LogP contribution in [-0.2, 0) is 0 Å². The molecule has 0 bridgehead atoms. The fourth-order valence-corrected chi connectivity index (χ4v) is 5.59. The highest BCUT2D eigenvalue weighted by atomic mass is 28.4. The van der Waals surface area contributed by atoms with Crippen LogP contribution in [0.2, 0.25) is 12.6 Å². The predicted molar refractivity (Wildman–Crippen MR) is 113 cm³/mol. The summed E-state index contributed by atoms with van der Waals surface area (Å²) < 4.78 is 12.8. The standard InChI is InChI=1S/C23H34O2Si/c1-3-4-5-6-7-8-9-16-21-26(2,24-22-17-12-10-13-18-22)25-23-19-14-11-15-20-23/h10-15,17-20H,3-9,16,21H2,1-2H3. The minimum absolute atomic E-state index is 0.914. The Hall–Kier alpha value is -1.74. The smallest absolute Gasteiger partial charge is 0.457 e. The van der Waals surface area contributed by atoms with Crippen molar-refractivity contribution in [1.82, 2.24) is 0 Å². The molecule has 0 aliphatic carbocycles. The van der Waals surface area contributed by atoms with E-state index >= 15 is 0 Å². The summed E-state index contributed by atoms with van der Waals surface area (Å²) >= 11 is 0. The fraction of sp³-hybridized carbons (Fsp3) is 0.478. The van der Waals surface area contributed by atoms with Crippen molar-refractivity contribution in [1.29, 1.82) is 0 Å². The zero-order valence-corrected chi connectivity index (χ0v) is 17.5. The second-order valence-corrected chi connectivity index (χ2v) is 10.4. The molecule has 0 aliphatic heterocycles. The minimum Gasteiger partial charge on any atom is -0.512 e. The molecular formula is C23H34O2Si. The highest BCUT2D eigenvalue weighted by molar-refractivity contribution is 6.67. The lowest BCUT2D eigenvalue weighted by atomic mass is 10.1. The van der Waals surface area contributed by atoms with E-state index in [0.717, 1.165) is 17.5 Å². The number of unbranched alkanes of at least 4 members (excludes halogenated alkanes) is 7. The van der Waals surface area contributed by atoms with E-state index in [4.69, 9.17) is 8.85 Å². The first-order valence-corrected chi connectivity index (χ1v) is 12.7. The van der Waals surface area contributed by atoms with Gasteiger partial charge in [-0.2, -0.15) is 0 Å². The topological polar surface area (TPSA) is 18.5 Å². The quantitative estimate of drug-likeness (QED) is 0.271. The summed E-state index contributed by atoms with van der Waals surface area (Å²) in [7, 11) is -2.31. The van der Waals surface area contributed by atoms with Gasteiger partial charge in [0.2, 0.25) is 0 Å². The summed E-state index contributed by atoms with van der Waals surface area (Å²) in [6, 6.07) is 21.2. The maximum atomic E-state index is 6.38. The van der Waals surface area contributed by atoms with E-state index in [9.17, 15) is 0 Å². The van der Waals surface area contributed by atoms with E-state index in [1.807, 2.05) is 60.7 Å². The molecule has 2 aromatic carbocycles. The van der Waals surface area contributed by atoms with E-state index in [-0.39, 0.29) is 0 Å². The third-order valence-corrected chi connectivity index (χ3v) is 7.24. The Bertz CT molecular complexity index is 544. The monoisotopic (exact) mass is 370 g/mol. The molecule has 2 nitrogen and oxygen atoms in total. The Balaban J connectivity index is 1.84. The van der Waals surface area contributed by atoms with E-state index in [2.05, 4.69) is 13.5 Å². The summed E-state index contributed by atoms with van der Waals surface area (Å²) in [5, 5.41) is 0. The van der Waals surface area contributed by atoms with Crippen molar-refractivity contribution >= 4 is 8.56 Å². The van der Waals surface area contributed by atoms with E-state index in [0.29, 0.717) is 0 Å². The molecule has 0 saturated heterocycles. The first-order chi connectivity index (χ1) is 12.7. The third kappa shape index (κ3) is 8.09. The van der Waals surface area contributed by atoms with Crippen LogP contribution in [0.3, 0.4) is 0 Å². The van der Waals surface area contributed by atoms with Gasteiger partial charge in [0.05, 0.1) is 0 Å². The van der Waals surface area contributed by atoms with Gasteiger partial charge in [0.1, 0.15) is 11.5 Å². The highest BCUT2D eigenvalue weighted by Gasteiger charge is 2.35. The SMILES string of the molecule is CCCCCCCCCC[Si](C)(Oc1ccccc1)Oc1ccccc1. The van der Waals surface area contributed by atoms with Gasteiger partial charge in [-0.25, -0.2) is 0 Å². The van der Waals surface area contributed by atoms with Crippen LogP contribution >= 0.6 is 0 Å². The number of rotatable bonds is 13. The Labute approximate surface area is 160 Å². The van der Waals surface area contributed by atoms with Gasteiger partial charge in [-0.1, -0.05) is 88.3 Å². The van der Waals surface area contributed by atoms with E-state index in [1.54, 1.807) is 0 Å².